The molecule has 0 aliphatic carbocycles. The second kappa shape index (κ2) is 8.27. The maximum atomic E-state index is 12.6. The van der Waals surface area contributed by atoms with Crippen molar-refractivity contribution in [3.8, 4) is 17.3 Å². The first-order valence-electron chi connectivity index (χ1n) is 10.2. The fourth-order valence-electron chi connectivity index (χ4n) is 3.93. The Morgan fingerprint density at radius 3 is 2.63 bits per heavy atom. The van der Waals surface area contributed by atoms with Gasteiger partial charge in [0.25, 0.3) is 0 Å². The van der Waals surface area contributed by atoms with Gasteiger partial charge >= 0.3 is 6.36 Å². The van der Waals surface area contributed by atoms with Crippen LogP contribution in [-0.4, -0.2) is 31.0 Å². The fourth-order valence-corrected chi connectivity index (χ4v) is 4.11. The summed E-state index contributed by atoms with van der Waals surface area (Å²) in [5.74, 6) is -0.578. The molecular formula is C23H16ClF3N6O2. The molecule has 0 fully saturated rings. The summed E-state index contributed by atoms with van der Waals surface area (Å²) in [6, 6.07) is 10.9. The van der Waals surface area contributed by atoms with Gasteiger partial charge in [-0.05, 0) is 55.8 Å². The number of aromatic amines is 1. The first-order chi connectivity index (χ1) is 16.6. The zero-order valence-corrected chi connectivity index (χ0v) is 19.0. The second-order valence-electron chi connectivity index (χ2n) is 7.70. The van der Waals surface area contributed by atoms with Gasteiger partial charge in [-0.25, -0.2) is 9.97 Å². The van der Waals surface area contributed by atoms with Crippen molar-refractivity contribution in [2.45, 2.75) is 20.2 Å². The van der Waals surface area contributed by atoms with Gasteiger partial charge in [-0.3, -0.25) is 4.57 Å². The van der Waals surface area contributed by atoms with Crippen LogP contribution in [0.2, 0.25) is 5.02 Å². The number of hydrogen-bond donors (Lipinski definition) is 2. The average Bonchev–Trinajstić information content (AvgIpc) is 3.24. The van der Waals surface area contributed by atoms with Crippen molar-refractivity contribution in [1.29, 1.82) is 0 Å². The number of aryl methyl sites for hydroxylation is 1. The molecule has 0 atom stereocenters. The van der Waals surface area contributed by atoms with Crippen LogP contribution in [0.3, 0.4) is 0 Å². The third-order valence-corrected chi connectivity index (χ3v) is 5.78. The van der Waals surface area contributed by atoms with E-state index >= 15 is 0 Å². The highest BCUT2D eigenvalue weighted by atomic mass is 35.5. The van der Waals surface area contributed by atoms with Gasteiger partial charge in [0, 0.05) is 21.8 Å². The number of azo groups is 1. The lowest BCUT2D eigenvalue weighted by molar-refractivity contribution is -0.274. The summed E-state index contributed by atoms with van der Waals surface area (Å²) in [7, 11) is 0. The molecule has 178 valence electrons. The Bertz CT molecular complexity index is 1620. The molecule has 0 amide bonds. The molecule has 2 aromatic carbocycles. The van der Waals surface area contributed by atoms with Gasteiger partial charge in [0.05, 0.1) is 10.9 Å². The third kappa shape index (κ3) is 4.14. The zero-order chi connectivity index (χ0) is 24.9. The maximum absolute atomic E-state index is 12.6. The maximum Gasteiger partial charge on any atom is 0.573 e. The van der Waals surface area contributed by atoms with E-state index in [1.165, 1.54) is 12.4 Å². The van der Waals surface area contributed by atoms with E-state index in [0.717, 1.165) is 29.1 Å². The monoisotopic (exact) mass is 500 g/mol. The Kier molecular flexibility index (Phi) is 5.36. The van der Waals surface area contributed by atoms with Crippen LogP contribution >= 0.6 is 11.6 Å². The summed E-state index contributed by atoms with van der Waals surface area (Å²) in [5, 5.41) is 20.0. The van der Waals surface area contributed by atoms with E-state index < -0.39 is 12.1 Å². The van der Waals surface area contributed by atoms with Crippen LogP contribution in [0.15, 0.2) is 59.0 Å². The number of alkyl halides is 3. The molecule has 12 heteroatoms. The van der Waals surface area contributed by atoms with Gasteiger partial charge in [0.15, 0.2) is 17.2 Å². The molecule has 0 saturated heterocycles. The minimum Gasteiger partial charge on any atom is -0.493 e. The van der Waals surface area contributed by atoms with Gasteiger partial charge in [0.1, 0.15) is 12.1 Å². The SMILES string of the molecule is Cc1c(C)n(-c2cccc(Cl)c2)c2ncnc(N=Nc3c(O)[nH]c4ccc(OC(F)(F)F)cc34)c12. The van der Waals surface area contributed by atoms with Crippen molar-refractivity contribution in [3.05, 3.63) is 65.1 Å². The molecular weight excluding hydrogens is 485 g/mol. The summed E-state index contributed by atoms with van der Waals surface area (Å²) in [5.41, 5.74) is 3.44. The first kappa shape index (κ1) is 22.7. The number of aromatic hydroxyl groups is 1. The van der Waals surface area contributed by atoms with Gasteiger partial charge in [-0.1, -0.05) is 17.7 Å². The molecule has 0 radical (unpaired) electrons. The van der Waals surface area contributed by atoms with E-state index in [1.54, 1.807) is 12.1 Å². The van der Waals surface area contributed by atoms with Crippen LogP contribution in [0.4, 0.5) is 24.7 Å². The minimum atomic E-state index is -4.86. The Morgan fingerprint density at radius 2 is 1.89 bits per heavy atom. The van der Waals surface area contributed by atoms with E-state index in [2.05, 4.69) is 29.9 Å². The topological polar surface area (TPSA) is 101 Å². The highest BCUT2D eigenvalue weighted by molar-refractivity contribution is 6.30. The number of rotatable bonds is 4. The molecule has 0 aliphatic rings. The summed E-state index contributed by atoms with van der Waals surface area (Å²) >= 11 is 6.17. The Labute approximate surface area is 200 Å². The third-order valence-electron chi connectivity index (χ3n) is 5.54. The molecule has 8 nitrogen and oxygen atoms in total. The number of hydrogen-bond acceptors (Lipinski definition) is 6. The lowest BCUT2D eigenvalue weighted by Gasteiger charge is -2.08. The number of benzene rings is 2. The smallest absolute Gasteiger partial charge is 0.493 e. The summed E-state index contributed by atoms with van der Waals surface area (Å²) in [6.45, 7) is 3.82. The highest BCUT2D eigenvalue weighted by Crippen LogP contribution is 2.40. The van der Waals surface area contributed by atoms with E-state index in [-0.39, 0.29) is 22.8 Å². The molecule has 0 spiro atoms. The van der Waals surface area contributed by atoms with Crippen LogP contribution in [0.5, 0.6) is 11.6 Å². The zero-order valence-electron chi connectivity index (χ0n) is 18.2. The minimum absolute atomic E-state index is 0.0527. The van der Waals surface area contributed by atoms with Crippen molar-refractivity contribution in [3.63, 3.8) is 0 Å². The molecule has 0 unspecified atom stereocenters. The van der Waals surface area contributed by atoms with E-state index in [0.29, 0.717) is 21.6 Å². The van der Waals surface area contributed by atoms with Crippen LogP contribution in [0.25, 0.3) is 27.6 Å². The van der Waals surface area contributed by atoms with Crippen LogP contribution in [0.1, 0.15) is 11.3 Å². The van der Waals surface area contributed by atoms with Crippen LogP contribution in [0, 0.1) is 13.8 Å². The number of aromatic nitrogens is 4. The van der Waals surface area contributed by atoms with Crippen molar-refractivity contribution >= 4 is 45.0 Å². The lowest BCUT2D eigenvalue weighted by atomic mass is 10.2. The predicted molar refractivity (Wildman–Crippen MR) is 124 cm³/mol. The molecule has 3 heterocycles. The quantitative estimate of drug-likeness (QED) is 0.255. The summed E-state index contributed by atoms with van der Waals surface area (Å²) in [6.07, 6.45) is -3.52. The average molecular weight is 501 g/mol. The molecule has 5 rings (SSSR count). The number of halogens is 4. The van der Waals surface area contributed by atoms with Crippen molar-refractivity contribution < 1.29 is 23.0 Å². The van der Waals surface area contributed by atoms with Crippen LogP contribution in [-0.2, 0) is 0 Å². The largest absolute Gasteiger partial charge is 0.573 e. The number of nitrogens with one attached hydrogen (secondary N) is 1. The molecule has 5 aromatic rings. The number of fused-ring (bicyclic) bond motifs is 2. The number of H-pyrrole nitrogens is 1. The Hall–Kier alpha value is -4.12. The first-order valence-corrected chi connectivity index (χ1v) is 10.6. The normalized spacial score (nSPS) is 12.3. The van der Waals surface area contributed by atoms with E-state index in [4.69, 9.17) is 11.6 Å². The van der Waals surface area contributed by atoms with Gasteiger partial charge in [0.2, 0.25) is 5.88 Å². The van der Waals surface area contributed by atoms with E-state index in [9.17, 15) is 18.3 Å². The Morgan fingerprint density at radius 1 is 1.09 bits per heavy atom. The molecule has 0 bridgehead atoms. The molecule has 3 aromatic heterocycles. The summed E-state index contributed by atoms with van der Waals surface area (Å²) in [4.78, 5) is 11.3. The lowest BCUT2D eigenvalue weighted by Crippen LogP contribution is -2.16. The molecule has 0 aliphatic heterocycles. The van der Waals surface area contributed by atoms with Gasteiger partial charge in [-0.15, -0.1) is 23.4 Å². The van der Waals surface area contributed by atoms with E-state index in [1.807, 2.05) is 30.5 Å². The van der Waals surface area contributed by atoms with Crippen molar-refractivity contribution in [2.75, 3.05) is 0 Å². The number of ether oxygens (including phenoxy) is 1. The van der Waals surface area contributed by atoms with Crippen LogP contribution < -0.4 is 4.74 Å². The molecule has 2 N–H and O–H groups in total. The summed E-state index contributed by atoms with van der Waals surface area (Å²) < 4.78 is 43.8. The molecule has 0 saturated carbocycles. The highest BCUT2D eigenvalue weighted by Gasteiger charge is 2.31. The predicted octanol–water partition coefficient (Wildman–Crippen LogP) is 7.19. The standard InChI is InChI=1S/C23H16ClF3N6O2/c1-11-12(2)33(14-5-3-4-13(24)8-14)21-18(11)20(28-10-29-21)32-31-19-16-9-15(35-23(25,26)27)6-7-17(16)30-22(19)34/h3-10,30,34H,1-2H3. The van der Waals surface area contributed by atoms with Crippen molar-refractivity contribution in [2.24, 2.45) is 10.2 Å². The second-order valence-corrected chi connectivity index (χ2v) is 8.14. The van der Waals surface area contributed by atoms with Gasteiger partial charge < -0.3 is 14.8 Å². The fraction of sp³-hybridized carbons (Fsp3) is 0.130. The Balaban J connectivity index is 1.62. The van der Waals surface area contributed by atoms with Gasteiger partial charge in [-0.2, -0.15) is 0 Å². The number of nitrogens with zero attached hydrogens (tertiary/aromatic N) is 5. The van der Waals surface area contributed by atoms with Crippen molar-refractivity contribution in [1.82, 2.24) is 19.5 Å². The molecule has 35 heavy (non-hydrogen) atoms.